The van der Waals surface area contributed by atoms with Crippen LogP contribution in [0.1, 0.15) is 232 Å². The summed E-state index contributed by atoms with van der Waals surface area (Å²) in [5.41, 5.74) is 0. The summed E-state index contributed by atoms with van der Waals surface area (Å²) in [5.74, 6) is 0. The maximum absolute atomic E-state index is 2.47. The number of rotatable bonds is 36. The van der Waals surface area contributed by atoms with Crippen LogP contribution >= 0.6 is 0 Å². The van der Waals surface area contributed by atoms with Crippen LogP contribution in [0.4, 0.5) is 0 Å². The average Bonchev–Trinajstić information content (AvgIpc) is 2.96. The van der Waals surface area contributed by atoms with Crippen molar-refractivity contribution in [2.75, 3.05) is 27.2 Å². The van der Waals surface area contributed by atoms with Crippen molar-refractivity contribution in [3.05, 3.63) is 0 Å². The summed E-state index contributed by atoms with van der Waals surface area (Å²) in [5, 5.41) is 0. The second-order valence-electron chi connectivity index (χ2n) is 14.7. The van der Waals surface area contributed by atoms with Gasteiger partial charge < -0.3 is 21.5 Å². The van der Waals surface area contributed by atoms with Crippen molar-refractivity contribution in [3.8, 4) is 0 Å². The van der Waals surface area contributed by atoms with Crippen LogP contribution in [-0.4, -0.2) is 31.7 Å². The minimum atomic E-state index is 0. The Labute approximate surface area is 279 Å². The molecule has 0 bridgehead atoms. The molecule has 0 N–H and O–H groups in total. The first-order chi connectivity index (χ1) is 20.1. The summed E-state index contributed by atoms with van der Waals surface area (Å²) in [7, 11) is 4.94. The first-order valence-electron chi connectivity index (χ1n) is 19.9. The molecule has 0 fully saturated rings. The van der Waals surface area contributed by atoms with Crippen LogP contribution in [0.15, 0.2) is 0 Å². The molecule has 0 atom stereocenters. The van der Waals surface area contributed by atoms with E-state index in [1.165, 1.54) is 236 Å². The summed E-state index contributed by atoms with van der Waals surface area (Å²) in [6.07, 6.45) is 49.9. The quantitative estimate of drug-likeness (QED) is 0.0464. The monoisotopic (exact) mass is 658 g/mol. The van der Waals surface area contributed by atoms with E-state index in [0.29, 0.717) is 0 Å². The first kappa shape index (κ1) is 44.6. The van der Waals surface area contributed by atoms with E-state index >= 15 is 0 Å². The highest BCUT2D eigenvalue weighted by Crippen LogP contribution is 2.16. The molecule has 2 heteroatoms. The average molecular weight is 659 g/mol. The van der Waals surface area contributed by atoms with Crippen molar-refractivity contribution >= 4 is 0 Å². The predicted octanol–water partition coefficient (Wildman–Crippen LogP) is 11.4. The Kier molecular flexibility index (Phi) is 39.9. The van der Waals surface area contributed by atoms with Gasteiger partial charge in [0.2, 0.25) is 0 Å². The fourth-order valence-electron chi connectivity index (χ4n) is 6.64. The van der Waals surface area contributed by atoms with E-state index in [1.54, 1.807) is 0 Å². The van der Waals surface area contributed by atoms with Gasteiger partial charge in [-0.1, -0.05) is 206 Å². The van der Waals surface area contributed by atoms with Gasteiger partial charge in [0.15, 0.2) is 0 Å². The van der Waals surface area contributed by atoms with Gasteiger partial charge in [-0.05, 0) is 25.7 Å². The summed E-state index contributed by atoms with van der Waals surface area (Å²) < 4.78 is 1.25. The molecule has 0 aliphatic heterocycles. The normalized spacial score (nSPS) is 11.7. The van der Waals surface area contributed by atoms with Crippen molar-refractivity contribution in [1.82, 2.24) is 0 Å². The molecule has 0 saturated heterocycles. The SMILES string of the molecule is CCCCCCCCCCCCCCCCCCCC[N+](C)(C)CCCCCCCCCCCCCCCCCC.[Br-]. The minimum Gasteiger partial charge on any atom is -1.00 e. The van der Waals surface area contributed by atoms with Crippen LogP contribution in [0.5, 0.6) is 0 Å². The van der Waals surface area contributed by atoms with Crippen molar-refractivity contribution in [2.24, 2.45) is 0 Å². The van der Waals surface area contributed by atoms with Crippen LogP contribution in [0.3, 0.4) is 0 Å². The topological polar surface area (TPSA) is 0 Å². The maximum Gasteiger partial charge on any atom is 0.0782 e. The van der Waals surface area contributed by atoms with Crippen molar-refractivity contribution in [2.45, 2.75) is 232 Å². The lowest BCUT2D eigenvalue weighted by atomic mass is 10.0. The van der Waals surface area contributed by atoms with Gasteiger partial charge in [-0.3, -0.25) is 0 Å². The molecule has 0 amide bonds. The van der Waals surface area contributed by atoms with Gasteiger partial charge >= 0.3 is 0 Å². The van der Waals surface area contributed by atoms with Gasteiger partial charge in [-0.15, -0.1) is 0 Å². The Morgan fingerprint density at radius 1 is 0.238 bits per heavy atom. The maximum atomic E-state index is 2.47. The molecule has 0 rings (SSSR count). The molecular weight excluding hydrogens is 574 g/mol. The van der Waals surface area contributed by atoms with Gasteiger partial charge in [0, 0.05) is 0 Å². The standard InChI is InChI=1S/C40H84N.BrH/c1-5-7-9-11-13-15-17-19-21-23-24-26-28-30-32-34-36-38-40-41(3,4)39-37-35-33-31-29-27-25-22-20-18-16-14-12-10-8-6-2;/h5-40H2,1-4H3;1H/q+1;/p-1. The molecule has 42 heavy (non-hydrogen) atoms. The van der Waals surface area contributed by atoms with E-state index in [0.717, 1.165) is 0 Å². The number of unbranched alkanes of at least 4 members (excludes halogenated alkanes) is 32. The molecule has 0 aliphatic carbocycles. The van der Waals surface area contributed by atoms with Gasteiger partial charge in [0.1, 0.15) is 0 Å². The largest absolute Gasteiger partial charge is 1.00 e. The molecule has 256 valence electrons. The molecule has 0 aromatic heterocycles. The van der Waals surface area contributed by atoms with Gasteiger partial charge in [0.25, 0.3) is 0 Å². The molecule has 0 aromatic carbocycles. The fraction of sp³-hybridized carbons (Fsp3) is 1.00. The Bertz CT molecular complexity index is 463. The van der Waals surface area contributed by atoms with Crippen LogP contribution < -0.4 is 17.0 Å². The molecular formula is C40H84BrN. The molecule has 0 unspecified atom stereocenters. The third-order valence-corrected chi connectivity index (χ3v) is 9.73. The van der Waals surface area contributed by atoms with E-state index in [9.17, 15) is 0 Å². The van der Waals surface area contributed by atoms with E-state index < -0.39 is 0 Å². The molecule has 0 spiro atoms. The molecule has 0 aliphatic rings. The molecule has 0 radical (unpaired) electrons. The lowest BCUT2D eigenvalue weighted by Crippen LogP contribution is -3.00. The predicted molar refractivity (Wildman–Crippen MR) is 190 cm³/mol. The molecule has 1 nitrogen and oxygen atoms in total. The zero-order valence-corrected chi connectivity index (χ0v) is 31.9. The number of halogens is 1. The summed E-state index contributed by atoms with van der Waals surface area (Å²) in [4.78, 5) is 0. The molecule has 0 saturated carbocycles. The van der Waals surface area contributed by atoms with E-state index in [2.05, 4.69) is 27.9 Å². The Balaban J connectivity index is 0. The summed E-state index contributed by atoms with van der Waals surface area (Å²) in [6, 6.07) is 0. The van der Waals surface area contributed by atoms with Crippen LogP contribution in [0.2, 0.25) is 0 Å². The highest BCUT2D eigenvalue weighted by Gasteiger charge is 2.13. The van der Waals surface area contributed by atoms with Crippen molar-refractivity contribution in [1.29, 1.82) is 0 Å². The number of quaternary nitrogens is 1. The minimum absolute atomic E-state index is 0. The second kappa shape index (κ2) is 37.6. The fourth-order valence-corrected chi connectivity index (χ4v) is 6.64. The molecule has 0 heterocycles. The van der Waals surface area contributed by atoms with Gasteiger partial charge in [-0.25, -0.2) is 0 Å². The summed E-state index contributed by atoms with van der Waals surface area (Å²) in [6.45, 7) is 7.39. The van der Waals surface area contributed by atoms with E-state index in [1.807, 2.05) is 0 Å². The van der Waals surface area contributed by atoms with Crippen LogP contribution in [0, 0.1) is 0 Å². The smallest absolute Gasteiger partial charge is 0.0782 e. The third kappa shape index (κ3) is 38.5. The van der Waals surface area contributed by atoms with Gasteiger partial charge in [-0.2, -0.15) is 0 Å². The Morgan fingerprint density at radius 3 is 0.548 bits per heavy atom. The van der Waals surface area contributed by atoms with Gasteiger partial charge in [0.05, 0.1) is 27.2 Å². The zero-order valence-electron chi connectivity index (χ0n) is 30.3. The second-order valence-corrected chi connectivity index (χ2v) is 14.7. The van der Waals surface area contributed by atoms with Crippen LogP contribution in [0.25, 0.3) is 0 Å². The number of nitrogens with zero attached hydrogens (tertiary/aromatic N) is 1. The highest BCUT2D eigenvalue weighted by molar-refractivity contribution is 4.52. The van der Waals surface area contributed by atoms with Crippen LogP contribution in [-0.2, 0) is 0 Å². The van der Waals surface area contributed by atoms with Crippen molar-refractivity contribution < 1.29 is 21.5 Å². The first-order valence-corrected chi connectivity index (χ1v) is 19.9. The van der Waals surface area contributed by atoms with E-state index in [4.69, 9.17) is 0 Å². The van der Waals surface area contributed by atoms with Crippen molar-refractivity contribution in [3.63, 3.8) is 0 Å². The number of hydrogen-bond acceptors (Lipinski definition) is 0. The number of hydrogen-bond donors (Lipinski definition) is 0. The molecule has 0 aromatic rings. The Morgan fingerprint density at radius 2 is 0.381 bits per heavy atom. The van der Waals surface area contributed by atoms with E-state index in [-0.39, 0.29) is 17.0 Å². The third-order valence-electron chi connectivity index (χ3n) is 9.73. The summed E-state index contributed by atoms with van der Waals surface area (Å²) >= 11 is 0. The Hall–Kier alpha value is 0.440. The lowest BCUT2D eigenvalue weighted by molar-refractivity contribution is -0.890. The lowest BCUT2D eigenvalue weighted by Gasteiger charge is -2.30. The zero-order chi connectivity index (χ0) is 30.0. The highest BCUT2D eigenvalue weighted by atomic mass is 79.9.